The molecule has 106 valence electrons. The van der Waals surface area contributed by atoms with Gasteiger partial charge < -0.3 is 9.52 Å². The van der Waals surface area contributed by atoms with Crippen LogP contribution in [0.1, 0.15) is 55.0 Å². The van der Waals surface area contributed by atoms with Crippen LogP contribution in [0.15, 0.2) is 28.7 Å². The summed E-state index contributed by atoms with van der Waals surface area (Å²) in [4.78, 5) is 11.1. The van der Waals surface area contributed by atoms with Crippen molar-refractivity contribution in [2.24, 2.45) is 0 Å². The molecule has 0 saturated heterocycles. The van der Waals surface area contributed by atoms with Crippen molar-refractivity contribution in [3.05, 3.63) is 47.2 Å². The molecule has 0 amide bonds. The van der Waals surface area contributed by atoms with Crippen LogP contribution < -0.4 is 0 Å². The van der Waals surface area contributed by atoms with Crippen molar-refractivity contribution in [1.29, 1.82) is 0 Å². The minimum absolute atomic E-state index is 0.0663. The van der Waals surface area contributed by atoms with Crippen LogP contribution in [-0.2, 0) is 4.79 Å². The summed E-state index contributed by atoms with van der Waals surface area (Å²) in [5.74, 6) is -0.280. The quantitative estimate of drug-likeness (QED) is 0.906. The summed E-state index contributed by atoms with van der Waals surface area (Å²) in [7, 11) is 0. The lowest BCUT2D eigenvalue weighted by molar-refractivity contribution is -0.137. The predicted molar refractivity (Wildman–Crippen MR) is 73.7 cm³/mol. The fourth-order valence-electron chi connectivity index (χ4n) is 2.03. The lowest BCUT2D eigenvalue weighted by atomic mass is 9.94. The number of carbonyl (C=O) groups is 1. The molecule has 1 aromatic heterocycles. The number of hydrogen-bond acceptors (Lipinski definition) is 4. The minimum atomic E-state index is -0.888. The zero-order chi connectivity index (χ0) is 14.7. The molecule has 5 heteroatoms. The van der Waals surface area contributed by atoms with Crippen LogP contribution in [0.5, 0.6) is 0 Å². The van der Waals surface area contributed by atoms with Gasteiger partial charge in [0.1, 0.15) is 0 Å². The topological polar surface area (TPSA) is 76.2 Å². The second-order valence-corrected chi connectivity index (χ2v) is 5.20. The number of aliphatic carboxylic acids is 1. The predicted octanol–water partition coefficient (Wildman–Crippen LogP) is 3.11. The zero-order valence-electron chi connectivity index (χ0n) is 11.8. The Labute approximate surface area is 117 Å². The summed E-state index contributed by atoms with van der Waals surface area (Å²) in [6.07, 6.45) is -0.0663. The van der Waals surface area contributed by atoms with Gasteiger partial charge in [-0.25, -0.2) is 0 Å². The van der Waals surface area contributed by atoms with E-state index < -0.39 is 11.9 Å². The third-order valence-corrected chi connectivity index (χ3v) is 3.07. The molecule has 0 fully saturated rings. The van der Waals surface area contributed by atoms with Crippen LogP contribution in [0.4, 0.5) is 0 Å². The molecule has 1 aromatic carbocycles. The number of benzene rings is 1. The largest absolute Gasteiger partial charge is 0.481 e. The molecule has 0 aliphatic rings. The van der Waals surface area contributed by atoms with Gasteiger partial charge in [0.25, 0.3) is 0 Å². The molecule has 0 radical (unpaired) electrons. The molecular formula is C15H18N2O3. The average molecular weight is 274 g/mol. The van der Waals surface area contributed by atoms with Gasteiger partial charge in [-0.1, -0.05) is 43.7 Å². The Morgan fingerprint density at radius 3 is 2.55 bits per heavy atom. The van der Waals surface area contributed by atoms with Gasteiger partial charge in [-0.3, -0.25) is 4.79 Å². The van der Waals surface area contributed by atoms with Gasteiger partial charge in [-0.15, -0.1) is 10.2 Å². The van der Waals surface area contributed by atoms with Crippen LogP contribution in [0.25, 0.3) is 0 Å². The number of aromatic nitrogens is 2. The van der Waals surface area contributed by atoms with E-state index in [4.69, 9.17) is 9.52 Å². The van der Waals surface area contributed by atoms with Crippen molar-refractivity contribution < 1.29 is 14.3 Å². The number of hydrogen-bond donors (Lipinski definition) is 1. The first kappa shape index (κ1) is 14.2. The highest BCUT2D eigenvalue weighted by molar-refractivity contribution is 5.68. The molecule has 0 aliphatic carbocycles. The number of nitrogens with zero attached hydrogens (tertiary/aromatic N) is 2. The first-order chi connectivity index (χ1) is 9.47. The minimum Gasteiger partial charge on any atom is -0.481 e. The van der Waals surface area contributed by atoms with Crippen molar-refractivity contribution in [2.75, 3.05) is 0 Å². The normalized spacial score (nSPS) is 12.6. The van der Waals surface area contributed by atoms with Crippen molar-refractivity contribution in [3.63, 3.8) is 0 Å². The Kier molecular flexibility index (Phi) is 4.17. The second kappa shape index (κ2) is 5.86. The van der Waals surface area contributed by atoms with Gasteiger partial charge >= 0.3 is 5.97 Å². The van der Waals surface area contributed by atoms with E-state index in [9.17, 15) is 4.79 Å². The van der Waals surface area contributed by atoms with Crippen LogP contribution in [0.3, 0.4) is 0 Å². The zero-order valence-corrected chi connectivity index (χ0v) is 11.8. The number of aryl methyl sites for hydroxylation is 1. The molecule has 1 heterocycles. The second-order valence-electron chi connectivity index (χ2n) is 5.20. The third-order valence-electron chi connectivity index (χ3n) is 3.07. The van der Waals surface area contributed by atoms with Crippen molar-refractivity contribution >= 4 is 5.97 Å². The molecule has 2 rings (SSSR count). The fourth-order valence-corrected chi connectivity index (χ4v) is 2.03. The van der Waals surface area contributed by atoms with Gasteiger partial charge in [-0.2, -0.15) is 0 Å². The maximum atomic E-state index is 11.1. The Hall–Kier alpha value is -2.17. The fraction of sp³-hybridized carbons (Fsp3) is 0.400. The summed E-state index contributed by atoms with van der Waals surface area (Å²) in [5.41, 5.74) is 1.95. The van der Waals surface area contributed by atoms with E-state index in [-0.39, 0.29) is 12.3 Å². The summed E-state index contributed by atoms with van der Waals surface area (Å²) >= 11 is 0. The first-order valence-electron chi connectivity index (χ1n) is 6.59. The van der Waals surface area contributed by atoms with Gasteiger partial charge in [-0.05, 0) is 12.5 Å². The van der Waals surface area contributed by atoms with Crippen molar-refractivity contribution in [2.45, 2.75) is 39.0 Å². The Morgan fingerprint density at radius 1 is 1.30 bits per heavy atom. The van der Waals surface area contributed by atoms with Crippen LogP contribution in [0, 0.1) is 6.92 Å². The van der Waals surface area contributed by atoms with Crippen LogP contribution in [-0.4, -0.2) is 21.3 Å². The number of carboxylic acids is 1. The molecule has 5 nitrogen and oxygen atoms in total. The summed E-state index contributed by atoms with van der Waals surface area (Å²) < 4.78 is 5.62. The highest BCUT2D eigenvalue weighted by atomic mass is 16.4. The van der Waals surface area contributed by atoms with E-state index in [1.54, 1.807) is 0 Å². The highest BCUT2D eigenvalue weighted by Gasteiger charge is 2.24. The van der Waals surface area contributed by atoms with Gasteiger partial charge in [0.15, 0.2) is 0 Å². The monoisotopic (exact) mass is 274 g/mol. The van der Waals surface area contributed by atoms with E-state index in [0.717, 1.165) is 11.1 Å². The van der Waals surface area contributed by atoms with E-state index in [1.807, 2.05) is 45.0 Å². The first-order valence-corrected chi connectivity index (χ1v) is 6.59. The van der Waals surface area contributed by atoms with Crippen LogP contribution in [0.2, 0.25) is 0 Å². The van der Waals surface area contributed by atoms with E-state index >= 15 is 0 Å². The van der Waals surface area contributed by atoms with E-state index in [2.05, 4.69) is 10.2 Å². The van der Waals surface area contributed by atoms with Crippen molar-refractivity contribution in [3.8, 4) is 0 Å². The Morgan fingerprint density at radius 2 is 2.00 bits per heavy atom. The van der Waals surface area contributed by atoms with Gasteiger partial charge in [0.05, 0.1) is 12.3 Å². The van der Waals surface area contributed by atoms with Gasteiger partial charge in [0.2, 0.25) is 11.8 Å². The number of carboxylic acid groups (broad SMARTS) is 1. The molecule has 1 atom stereocenters. The highest BCUT2D eigenvalue weighted by Crippen LogP contribution is 2.28. The average Bonchev–Trinajstić information content (AvgIpc) is 2.85. The standard InChI is InChI=1S/C15H18N2O3/c1-9(2)14-16-17-15(20-14)12(8-13(18)19)11-6-4-5-10(3)7-11/h4-7,9,12H,8H2,1-3H3,(H,18,19). The van der Waals surface area contributed by atoms with Crippen LogP contribution >= 0.6 is 0 Å². The molecule has 0 aliphatic heterocycles. The van der Waals surface area contributed by atoms with E-state index in [1.165, 1.54) is 0 Å². The Balaban J connectivity index is 2.38. The third kappa shape index (κ3) is 3.23. The molecule has 1 N–H and O–H groups in total. The van der Waals surface area contributed by atoms with Crippen molar-refractivity contribution in [1.82, 2.24) is 10.2 Å². The Bertz CT molecular complexity index is 605. The SMILES string of the molecule is Cc1cccc(C(CC(=O)O)c2nnc(C(C)C)o2)c1. The molecule has 0 bridgehead atoms. The van der Waals surface area contributed by atoms with E-state index in [0.29, 0.717) is 11.8 Å². The lowest BCUT2D eigenvalue weighted by Crippen LogP contribution is -2.08. The summed E-state index contributed by atoms with van der Waals surface area (Å²) in [6.45, 7) is 5.88. The molecule has 0 spiro atoms. The summed E-state index contributed by atoms with van der Waals surface area (Å²) in [6, 6.07) is 7.71. The molecule has 20 heavy (non-hydrogen) atoms. The maximum absolute atomic E-state index is 11.1. The molecule has 2 aromatic rings. The molecule has 0 saturated carbocycles. The summed E-state index contributed by atoms with van der Waals surface area (Å²) in [5, 5.41) is 17.1. The molecule has 1 unspecified atom stereocenters. The molecular weight excluding hydrogens is 256 g/mol. The smallest absolute Gasteiger partial charge is 0.304 e. The lowest BCUT2D eigenvalue weighted by Gasteiger charge is -2.11. The maximum Gasteiger partial charge on any atom is 0.304 e. The number of rotatable bonds is 5. The van der Waals surface area contributed by atoms with Gasteiger partial charge in [0, 0.05) is 5.92 Å².